The lowest BCUT2D eigenvalue weighted by molar-refractivity contribution is -0.160. The molecule has 0 spiro atoms. The zero-order valence-electron chi connectivity index (χ0n) is 23.5. The lowest BCUT2D eigenvalue weighted by atomic mass is 9.97. The van der Waals surface area contributed by atoms with Crippen LogP contribution >= 0.6 is 0 Å². The average Bonchev–Trinajstić information content (AvgIpc) is 3.28. The van der Waals surface area contributed by atoms with E-state index in [0.717, 1.165) is 0 Å². The number of benzene rings is 1. The Morgan fingerprint density at radius 2 is 1.76 bits per heavy atom. The van der Waals surface area contributed by atoms with Crippen molar-refractivity contribution in [3.05, 3.63) is 68.5 Å². The van der Waals surface area contributed by atoms with E-state index in [2.05, 4.69) is 11.8 Å². The number of halogens is 3. The number of alkyl halides is 3. The van der Waals surface area contributed by atoms with Crippen molar-refractivity contribution in [1.82, 2.24) is 9.13 Å². The van der Waals surface area contributed by atoms with Gasteiger partial charge in [0, 0.05) is 24.6 Å². The third-order valence-electron chi connectivity index (χ3n) is 6.13. The number of hydrogen-bond acceptors (Lipinski definition) is 7. The molecule has 1 fully saturated rings. The third kappa shape index (κ3) is 7.95. The second kappa shape index (κ2) is 12.9. The molecule has 41 heavy (non-hydrogen) atoms. The molecule has 1 aliphatic heterocycles. The number of ether oxygens (including phenoxy) is 3. The predicted molar refractivity (Wildman–Crippen MR) is 142 cm³/mol. The number of esters is 1. The van der Waals surface area contributed by atoms with Crippen molar-refractivity contribution in [2.24, 2.45) is 11.3 Å². The largest absolute Gasteiger partial charge is 0.462 e. The average molecular weight is 579 g/mol. The van der Waals surface area contributed by atoms with Gasteiger partial charge in [-0.15, -0.1) is 5.92 Å². The molecule has 1 aromatic heterocycles. The number of hydrogen-bond donors (Lipinski definition) is 0. The molecule has 3 rings (SSSR count). The summed E-state index contributed by atoms with van der Waals surface area (Å²) in [5.41, 5.74) is -5.82. The zero-order chi connectivity index (χ0) is 30.5. The Labute approximate surface area is 235 Å². The van der Waals surface area contributed by atoms with Crippen molar-refractivity contribution in [2.45, 2.75) is 72.1 Å². The molecule has 0 bridgehead atoms. The summed E-state index contributed by atoms with van der Waals surface area (Å²) >= 11 is 0. The second-order valence-electron chi connectivity index (χ2n) is 11.1. The molecular weight excluding hydrogens is 545 g/mol. The fraction of sp³-hybridized carbons (Fsp3) is 0.517. The van der Waals surface area contributed by atoms with Crippen LogP contribution in [-0.2, 0) is 25.2 Å². The fourth-order valence-electron chi connectivity index (χ4n) is 3.91. The Morgan fingerprint density at radius 1 is 1.10 bits per heavy atom. The molecule has 9 nitrogen and oxygen atoms in total. The van der Waals surface area contributed by atoms with Gasteiger partial charge in [-0.2, -0.15) is 17.7 Å². The maximum atomic E-state index is 13.9. The summed E-state index contributed by atoms with van der Waals surface area (Å²) in [6, 6.07) is 7.00. The maximum Gasteiger partial charge on any atom is 0.423 e. The number of nitrogens with zero attached hydrogens (tertiary/aromatic N) is 2. The molecule has 2 aromatic rings. The molecule has 1 aliphatic rings. The highest BCUT2D eigenvalue weighted by Gasteiger charge is 2.42. The van der Waals surface area contributed by atoms with Crippen LogP contribution in [0.5, 0.6) is 0 Å². The summed E-state index contributed by atoms with van der Waals surface area (Å²) in [6.45, 7) is 8.61. The lowest BCUT2D eigenvalue weighted by Gasteiger charge is -2.22. The van der Waals surface area contributed by atoms with E-state index in [1.165, 1.54) is 24.3 Å². The van der Waals surface area contributed by atoms with Gasteiger partial charge in [0.15, 0.2) is 0 Å². The monoisotopic (exact) mass is 578 g/mol. The van der Waals surface area contributed by atoms with Crippen molar-refractivity contribution >= 4 is 11.9 Å². The minimum atomic E-state index is -5.17. The van der Waals surface area contributed by atoms with Gasteiger partial charge in [-0.1, -0.05) is 38.0 Å². The molecule has 3 atom stereocenters. The van der Waals surface area contributed by atoms with Crippen LogP contribution < -0.4 is 11.2 Å². The van der Waals surface area contributed by atoms with Gasteiger partial charge >= 0.3 is 17.8 Å². The normalized spacial score (nSPS) is 19.1. The van der Waals surface area contributed by atoms with E-state index in [9.17, 15) is 32.3 Å². The van der Waals surface area contributed by atoms with Crippen molar-refractivity contribution < 1.29 is 37.0 Å². The summed E-state index contributed by atoms with van der Waals surface area (Å²) < 4.78 is 59.2. The Morgan fingerprint density at radius 3 is 2.34 bits per heavy atom. The van der Waals surface area contributed by atoms with Gasteiger partial charge in [-0.05, 0) is 38.8 Å². The highest BCUT2D eigenvalue weighted by atomic mass is 19.4. The maximum absolute atomic E-state index is 13.9. The van der Waals surface area contributed by atoms with Gasteiger partial charge in [-0.25, -0.2) is 4.79 Å². The number of carbonyl (C=O) groups is 2. The van der Waals surface area contributed by atoms with Crippen LogP contribution in [0.4, 0.5) is 13.2 Å². The summed E-state index contributed by atoms with van der Waals surface area (Å²) in [6.07, 6.45) is -7.51. The molecule has 0 N–H and O–H groups in total. The van der Waals surface area contributed by atoms with Crippen LogP contribution in [0.3, 0.4) is 0 Å². The first-order valence-electron chi connectivity index (χ1n) is 13.1. The van der Waals surface area contributed by atoms with E-state index in [1.807, 2.05) is 13.8 Å². The van der Waals surface area contributed by atoms with Crippen molar-refractivity contribution in [3.63, 3.8) is 0 Å². The van der Waals surface area contributed by atoms with Gasteiger partial charge < -0.3 is 14.2 Å². The minimum Gasteiger partial charge on any atom is -0.462 e. The molecule has 0 saturated carbocycles. The first kappa shape index (κ1) is 31.8. The highest BCUT2D eigenvalue weighted by molar-refractivity contribution is 5.95. The Bertz CT molecular complexity index is 1430. The van der Waals surface area contributed by atoms with Crippen molar-refractivity contribution in [1.29, 1.82) is 0 Å². The van der Waals surface area contributed by atoms with E-state index >= 15 is 0 Å². The van der Waals surface area contributed by atoms with Crippen LogP contribution in [0.1, 0.15) is 69.6 Å². The standard InChI is InChI=1S/C29H33F3N2O7/c1-18(2)11-9-10-14-39-21-15-23(41-22(21)17-40-26(37)28(3,4)5)33-16-20(29(30,31)32)25(36)34(27(33)38)24(35)19-12-7-6-8-13-19/h6-8,12-13,16,18,21-23H,11,14-15,17H2,1-5H3/t21-,22+,23+/m0/s1. The minimum absolute atomic E-state index is 0.0358. The molecule has 1 aromatic carbocycles. The summed E-state index contributed by atoms with van der Waals surface area (Å²) in [5.74, 6) is 4.39. The Balaban J connectivity index is 2.00. The topological polar surface area (TPSA) is 106 Å². The molecule has 1 saturated heterocycles. The number of rotatable bonds is 7. The third-order valence-corrected chi connectivity index (χ3v) is 6.13. The molecule has 0 aliphatic carbocycles. The van der Waals surface area contributed by atoms with Gasteiger partial charge in [0.1, 0.15) is 31.1 Å². The van der Waals surface area contributed by atoms with Crippen LogP contribution in [-0.4, -0.2) is 46.4 Å². The van der Waals surface area contributed by atoms with Crippen LogP contribution in [0.2, 0.25) is 0 Å². The Kier molecular flexibility index (Phi) is 9.99. The van der Waals surface area contributed by atoms with Gasteiger partial charge in [0.25, 0.3) is 11.5 Å². The van der Waals surface area contributed by atoms with Crippen molar-refractivity contribution in [3.8, 4) is 11.8 Å². The van der Waals surface area contributed by atoms with Crippen LogP contribution in [0.25, 0.3) is 0 Å². The van der Waals surface area contributed by atoms with E-state index < -0.39 is 58.7 Å². The number of aromatic nitrogens is 2. The first-order valence-corrected chi connectivity index (χ1v) is 13.1. The van der Waals surface area contributed by atoms with Gasteiger partial charge in [0.2, 0.25) is 0 Å². The van der Waals surface area contributed by atoms with Crippen LogP contribution in [0.15, 0.2) is 46.1 Å². The SMILES string of the molecule is CC(C)CC#CCO[C@H]1C[C@H](n2cc(C(F)(F)F)c(=O)n(C(=O)c3ccccc3)c2=O)O[C@@H]1COC(=O)C(C)(C)C. The molecule has 0 radical (unpaired) electrons. The fourth-order valence-corrected chi connectivity index (χ4v) is 3.91. The molecule has 2 heterocycles. The highest BCUT2D eigenvalue weighted by Crippen LogP contribution is 2.32. The lowest BCUT2D eigenvalue weighted by Crippen LogP contribution is -2.47. The Hall–Kier alpha value is -3.69. The second-order valence-corrected chi connectivity index (χ2v) is 11.1. The number of carbonyl (C=O) groups excluding carboxylic acids is 2. The first-order chi connectivity index (χ1) is 19.1. The molecule has 0 unspecified atom stereocenters. The van der Waals surface area contributed by atoms with Crippen molar-refractivity contribution in [2.75, 3.05) is 13.2 Å². The van der Waals surface area contributed by atoms with Crippen LogP contribution in [0, 0.1) is 23.2 Å². The molecule has 222 valence electrons. The summed E-state index contributed by atoms with van der Waals surface area (Å²) in [7, 11) is 0. The molecule has 12 heteroatoms. The molecule has 0 amide bonds. The summed E-state index contributed by atoms with van der Waals surface area (Å²) in [4.78, 5) is 51.5. The van der Waals surface area contributed by atoms with E-state index in [4.69, 9.17) is 14.2 Å². The van der Waals surface area contributed by atoms with E-state index in [0.29, 0.717) is 23.1 Å². The predicted octanol–water partition coefficient (Wildman–Crippen LogP) is 4.03. The molecular formula is C29H33F3N2O7. The van der Waals surface area contributed by atoms with E-state index in [1.54, 1.807) is 26.8 Å². The van der Waals surface area contributed by atoms with E-state index in [-0.39, 0.29) is 29.8 Å². The quantitative estimate of drug-likeness (QED) is 0.361. The summed E-state index contributed by atoms with van der Waals surface area (Å²) in [5, 5.41) is 0. The van der Waals surface area contributed by atoms with Gasteiger partial charge in [-0.3, -0.25) is 19.0 Å². The smallest absolute Gasteiger partial charge is 0.423 e. The van der Waals surface area contributed by atoms with Gasteiger partial charge in [0.05, 0.1) is 11.5 Å². The zero-order valence-corrected chi connectivity index (χ0v) is 23.5.